The fourth-order valence-corrected chi connectivity index (χ4v) is 5.85. The SMILES string of the molecule is O=C(C[C@@H](c1ccccc1)c1cccc(OCc2ccc(C3OCCO3)cc2)c1)O[C@H]1CN2CCC1CC2. The van der Waals surface area contributed by atoms with Gasteiger partial charge in [0.2, 0.25) is 0 Å². The van der Waals surface area contributed by atoms with Gasteiger partial charge in [-0.25, -0.2) is 0 Å². The van der Waals surface area contributed by atoms with E-state index in [0.29, 0.717) is 32.2 Å². The summed E-state index contributed by atoms with van der Waals surface area (Å²) in [5.74, 6) is 1.06. The van der Waals surface area contributed by atoms with Crippen molar-refractivity contribution in [1.29, 1.82) is 0 Å². The topological polar surface area (TPSA) is 57.2 Å². The normalized spacial score (nSPS) is 23.7. The third-order valence-corrected chi connectivity index (χ3v) is 7.99. The predicted molar refractivity (Wildman–Crippen MR) is 144 cm³/mol. The molecule has 0 radical (unpaired) electrons. The highest BCUT2D eigenvalue weighted by atomic mass is 16.7. The minimum absolute atomic E-state index is 0.0225. The van der Waals surface area contributed by atoms with Gasteiger partial charge in [-0.3, -0.25) is 9.69 Å². The number of hydrogen-bond acceptors (Lipinski definition) is 6. The van der Waals surface area contributed by atoms with E-state index in [4.69, 9.17) is 18.9 Å². The molecule has 4 aliphatic rings. The molecule has 4 aliphatic heterocycles. The summed E-state index contributed by atoms with van der Waals surface area (Å²) in [5, 5.41) is 0. The van der Waals surface area contributed by atoms with E-state index in [9.17, 15) is 4.79 Å². The number of piperidine rings is 3. The first-order valence-corrected chi connectivity index (χ1v) is 13.7. The minimum atomic E-state index is -0.269. The largest absolute Gasteiger partial charge is 0.489 e. The molecule has 2 bridgehead atoms. The van der Waals surface area contributed by atoms with E-state index in [1.807, 2.05) is 60.7 Å². The highest BCUT2D eigenvalue weighted by Crippen LogP contribution is 2.33. The molecule has 0 unspecified atom stereocenters. The summed E-state index contributed by atoms with van der Waals surface area (Å²) >= 11 is 0. The molecule has 0 spiro atoms. The Labute approximate surface area is 224 Å². The van der Waals surface area contributed by atoms with Gasteiger partial charge in [0.1, 0.15) is 18.5 Å². The molecule has 4 saturated heterocycles. The van der Waals surface area contributed by atoms with Gasteiger partial charge in [-0.15, -0.1) is 0 Å². The van der Waals surface area contributed by atoms with Crippen LogP contribution in [-0.2, 0) is 25.6 Å². The lowest BCUT2D eigenvalue weighted by Crippen LogP contribution is -2.52. The number of carbonyl (C=O) groups is 1. The van der Waals surface area contributed by atoms with Crippen molar-refractivity contribution in [1.82, 2.24) is 4.90 Å². The Balaban J connectivity index is 1.13. The van der Waals surface area contributed by atoms with Gasteiger partial charge in [-0.05, 0) is 60.7 Å². The number of esters is 1. The number of benzene rings is 3. The number of fused-ring (bicyclic) bond motifs is 3. The van der Waals surface area contributed by atoms with Crippen molar-refractivity contribution in [3.8, 4) is 5.75 Å². The summed E-state index contributed by atoms with van der Waals surface area (Å²) in [4.78, 5) is 15.6. The maximum Gasteiger partial charge on any atom is 0.307 e. The Hall–Kier alpha value is -3.19. The van der Waals surface area contributed by atoms with Crippen molar-refractivity contribution in [2.75, 3.05) is 32.8 Å². The number of rotatable bonds is 9. The first-order chi connectivity index (χ1) is 18.7. The van der Waals surface area contributed by atoms with Crippen LogP contribution in [0.25, 0.3) is 0 Å². The molecule has 4 heterocycles. The Kier molecular flexibility index (Phi) is 7.72. The average Bonchev–Trinajstić information content (AvgIpc) is 3.52. The van der Waals surface area contributed by atoms with E-state index in [-0.39, 0.29) is 24.3 Å². The third kappa shape index (κ3) is 5.93. The van der Waals surface area contributed by atoms with Gasteiger partial charge in [0.05, 0.1) is 19.6 Å². The minimum Gasteiger partial charge on any atom is -0.489 e. The number of nitrogens with zero attached hydrogens (tertiary/aromatic N) is 1. The zero-order valence-corrected chi connectivity index (χ0v) is 21.7. The van der Waals surface area contributed by atoms with Gasteiger partial charge in [0.15, 0.2) is 6.29 Å². The van der Waals surface area contributed by atoms with Crippen LogP contribution in [0.15, 0.2) is 78.9 Å². The highest BCUT2D eigenvalue weighted by Gasteiger charge is 2.36. The lowest BCUT2D eigenvalue weighted by Gasteiger charge is -2.44. The van der Waals surface area contributed by atoms with Gasteiger partial charge >= 0.3 is 5.97 Å². The molecule has 6 heteroatoms. The van der Waals surface area contributed by atoms with Crippen molar-refractivity contribution in [2.24, 2.45) is 5.92 Å². The van der Waals surface area contributed by atoms with E-state index in [1.165, 1.54) is 0 Å². The lowest BCUT2D eigenvalue weighted by atomic mass is 9.85. The molecule has 3 aromatic rings. The van der Waals surface area contributed by atoms with Crippen LogP contribution in [0.2, 0.25) is 0 Å². The third-order valence-electron chi connectivity index (χ3n) is 7.99. The van der Waals surface area contributed by atoms with Crippen LogP contribution in [0.1, 0.15) is 53.7 Å². The van der Waals surface area contributed by atoms with Crippen molar-refractivity contribution >= 4 is 5.97 Å². The van der Waals surface area contributed by atoms with Crippen LogP contribution in [0.5, 0.6) is 5.75 Å². The molecule has 0 aliphatic carbocycles. The second-order valence-corrected chi connectivity index (χ2v) is 10.5. The van der Waals surface area contributed by atoms with Crippen molar-refractivity contribution < 1.29 is 23.7 Å². The Morgan fingerprint density at radius 2 is 1.63 bits per heavy atom. The Morgan fingerprint density at radius 3 is 2.34 bits per heavy atom. The van der Waals surface area contributed by atoms with Crippen LogP contribution in [-0.4, -0.2) is 49.8 Å². The number of ether oxygens (including phenoxy) is 4. The van der Waals surface area contributed by atoms with Crippen LogP contribution < -0.4 is 4.74 Å². The molecular weight excluding hydrogens is 478 g/mol. The van der Waals surface area contributed by atoms with Crippen molar-refractivity contribution in [2.45, 2.75) is 44.2 Å². The van der Waals surface area contributed by atoms with Gasteiger partial charge in [-0.2, -0.15) is 0 Å². The zero-order valence-electron chi connectivity index (χ0n) is 21.7. The number of carbonyl (C=O) groups excluding carboxylic acids is 1. The first kappa shape index (κ1) is 25.1. The van der Waals surface area contributed by atoms with Gasteiger partial charge < -0.3 is 18.9 Å². The highest BCUT2D eigenvalue weighted by molar-refractivity contribution is 5.72. The van der Waals surface area contributed by atoms with E-state index in [1.54, 1.807) is 0 Å². The Morgan fingerprint density at radius 1 is 0.895 bits per heavy atom. The maximum atomic E-state index is 13.2. The molecule has 6 nitrogen and oxygen atoms in total. The van der Waals surface area contributed by atoms with E-state index in [0.717, 1.165) is 60.5 Å². The first-order valence-electron chi connectivity index (χ1n) is 13.7. The molecule has 198 valence electrons. The standard InChI is InChI=1S/C32H35NO5/c34-31(38-30-21-33-15-13-25(30)14-16-33)20-29(24-5-2-1-3-6-24)27-7-4-8-28(19-27)37-22-23-9-11-26(12-10-23)32-35-17-18-36-32/h1-12,19,25,29-30,32H,13-18,20-22H2/t29-,30-/m0/s1. The smallest absolute Gasteiger partial charge is 0.307 e. The van der Waals surface area contributed by atoms with Crippen LogP contribution in [0, 0.1) is 5.92 Å². The van der Waals surface area contributed by atoms with Crippen molar-refractivity contribution in [3.05, 3.63) is 101 Å². The summed E-state index contributed by atoms with van der Waals surface area (Å²) in [6, 6.07) is 26.4. The van der Waals surface area contributed by atoms with Gasteiger partial charge in [0.25, 0.3) is 0 Å². The van der Waals surface area contributed by atoms with E-state index >= 15 is 0 Å². The predicted octanol–water partition coefficient (Wildman–Crippen LogP) is 5.47. The summed E-state index contributed by atoms with van der Waals surface area (Å²) in [5.41, 5.74) is 4.23. The molecule has 0 aromatic heterocycles. The van der Waals surface area contributed by atoms with Crippen LogP contribution >= 0.6 is 0 Å². The molecular formula is C32H35NO5. The zero-order chi connectivity index (χ0) is 25.7. The van der Waals surface area contributed by atoms with Gasteiger partial charge in [0, 0.05) is 18.0 Å². The Bertz CT molecular complexity index is 1200. The monoisotopic (exact) mass is 513 g/mol. The molecule has 3 aromatic carbocycles. The second kappa shape index (κ2) is 11.7. The molecule has 4 fully saturated rings. The van der Waals surface area contributed by atoms with Gasteiger partial charge in [-0.1, -0.05) is 66.7 Å². The van der Waals surface area contributed by atoms with E-state index in [2.05, 4.69) is 23.1 Å². The molecule has 7 rings (SSSR count). The second-order valence-electron chi connectivity index (χ2n) is 10.5. The molecule has 0 N–H and O–H groups in total. The summed E-state index contributed by atoms with van der Waals surface area (Å²) in [6.45, 7) is 4.85. The lowest BCUT2D eigenvalue weighted by molar-refractivity contribution is -0.159. The molecule has 38 heavy (non-hydrogen) atoms. The van der Waals surface area contributed by atoms with Crippen LogP contribution in [0.3, 0.4) is 0 Å². The number of hydrogen-bond donors (Lipinski definition) is 0. The molecule has 0 amide bonds. The average molecular weight is 514 g/mol. The van der Waals surface area contributed by atoms with E-state index < -0.39 is 0 Å². The summed E-state index contributed by atoms with van der Waals surface area (Å²) in [7, 11) is 0. The fourth-order valence-electron chi connectivity index (χ4n) is 5.85. The summed E-state index contributed by atoms with van der Waals surface area (Å²) < 4.78 is 23.4. The maximum absolute atomic E-state index is 13.2. The summed E-state index contributed by atoms with van der Waals surface area (Å²) in [6.07, 6.45) is 2.32. The van der Waals surface area contributed by atoms with Crippen molar-refractivity contribution in [3.63, 3.8) is 0 Å². The molecule has 2 atom stereocenters. The quantitative estimate of drug-likeness (QED) is 0.354. The molecule has 0 saturated carbocycles. The fraction of sp³-hybridized carbons (Fsp3) is 0.406. The van der Waals surface area contributed by atoms with Crippen LogP contribution in [0.4, 0.5) is 0 Å².